The number of benzene rings is 2. The highest BCUT2D eigenvalue weighted by molar-refractivity contribution is 5.36. The zero-order valence-corrected chi connectivity index (χ0v) is 11.3. The van der Waals surface area contributed by atoms with E-state index < -0.39 is 0 Å². The molecule has 4 aliphatic rings. The van der Waals surface area contributed by atoms with Crippen LogP contribution in [-0.2, 0) is 25.7 Å². The minimum Gasteiger partial charge on any atom is -0.0587 e. The van der Waals surface area contributed by atoms with Gasteiger partial charge in [0, 0.05) is 0 Å². The quantitative estimate of drug-likeness (QED) is 0.643. The van der Waals surface area contributed by atoms with E-state index in [0.29, 0.717) is 0 Å². The molecule has 0 atom stereocenters. The van der Waals surface area contributed by atoms with Crippen LogP contribution in [-0.4, -0.2) is 0 Å². The van der Waals surface area contributed by atoms with E-state index in [1.165, 1.54) is 33.4 Å². The van der Waals surface area contributed by atoms with E-state index in [1.807, 2.05) is 0 Å². The SMILES string of the molecule is Cc1cc2ccc1CCc1ccc(cc1C)CC2. The molecule has 0 N–H and O–H groups in total. The molecule has 18 heavy (non-hydrogen) atoms. The molecule has 0 nitrogen and oxygen atoms in total. The van der Waals surface area contributed by atoms with Crippen LogP contribution in [0.4, 0.5) is 0 Å². The molecule has 0 amide bonds. The molecule has 0 saturated carbocycles. The molecule has 2 aromatic rings. The average molecular weight is 236 g/mol. The Bertz CT molecular complexity index is 525. The third kappa shape index (κ3) is 2.20. The molecule has 4 bridgehead atoms. The first kappa shape index (κ1) is 11.5. The van der Waals surface area contributed by atoms with Crippen molar-refractivity contribution in [3.63, 3.8) is 0 Å². The van der Waals surface area contributed by atoms with Crippen LogP contribution in [0.3, 0.4) is 0 Å². The van der Waals surface area contributed by atoms with Gasteiger partial charge in [-0.1, -0.05) is 36.4 Å². The van der Waals surface area contributed by atoms with Crippen molar-refractivity contribution >= 4 is 0 Å². The lowest BCUT2D eigenvalue weighted by molar-refractivity contribution is 0.904. The second kappa shape index (κ2) is 4.61. The van der Waals surface area contributed by atoms with Crippen molar-refractivity contribution in [3.8, 4) is 0 Å². The van der Waals surface area contributed by atoms with Gasteiger partial charge in [-0.05, 0) is 72.9 Å². The van der Waals surface area contributed by atoms with Crippen molar-refractivity contribution in [2.45, 2.75) is 39.5 Å². The van der Waals surface area contributed by atoms with E-state index in [0.717, 1.165) is 25.7 Å². The van der Waals surface area contributed by atoms with Crippen molar-refractivity contribution in [2.24, 2.45) is 0 Å². The second-order valence-corrected chi connectivity index (χ2v) is 5.52. The summed E-state index contributed by atoms with van der Waals surface area (Å²) in [5.41, 5.74) is 8.86. The molecule has 0 aromatic heterocycles. The van der Waals surface area contributed by atoms with E-state index in [-0.39, 0.29) is 0 Å². The molecule has 6 rings (SSSR count). The molecule has 0 aliphatic heterocycles. The Hall–Kier alpha value is -1.56. The van der Waals surface area contributed by atoms with Crippen LogP contribution in [0.25, 0.3) is 0 Å². The third-order valence-electron chi connectivity index (χ3n) is 4.18. The van der Waals surface area contributed by atoms with Gasteiger partial charge in [-0.2, -0.15) is 0 Å². The Kier molecular flexibility index (Phi) is 2.95. The molecule has 4 aliphatic carbocycles. The van der Waals surface area contributed by atoms with Crippen molar-refractivity contribution in [1.29, 1.82) is 0 Å². The first-order chi connectivity index (χ1) is 8.72. The molecular formula is C18H20. The topological polar surface area (TPSA) is 0 Å². The van der Waals surface area contributed by atoms with E-state index in [2.05, 4.69) is 50.2 Å². The maximum absolute atomic E-state index is 2.37. The van der Waals surface area contributed by atoms with Crippen molar-refractivity contribution in [2.75, 3.05) is 0 Å². The predicted molar refractivity (Wildman–Crippen MR) is 77.2 cm³/mol. The van der Waals surface area contributed by atoms with Gasteiger partial charge >= 0.3 is 0 Å². The lowest BCUT2D eigenvalue weighted by atomic mass is 9.92. The van der Waals surface area contributed by atoms with Gasteiger partial charge in [0.25, 0.3) is 0 Å². The van der Waals surface area contributed by atoms with Crippen LogP contribution in [0.1, 0.15) is 33.4 Å². The van der Waals surface area contributed by atoms with E-state index in [1.54, 1.807) is 0 Å². The van der Waals surface area contributed by atoms with Crippen LogP contribution < -0.4 is 0 Å². The number of hydrogen-bond acceptors (Lipinski definition) is 0. The molecule has 0 spiro atoms. The van der Waals surface area contributed by atoms with Crippen molar-refractivity contribution in [3.05, 3.63) is 69.8 Å². The fourth-order valence-corrected chi connectivity index (χ4v) is 2.95. The summed E-state index contributed by atoms with van der Waals surface area (Å²) in [5, 5.41) is 0. The summed E-state index contributed by atoms with van der Waals surface area (Å²) in [6.07, 6.45) is 4.62. The Labute approximate surface area is 110 Å². The molecule has 2 aromatic carbocycles. The van der Waals surface area contributed by atoms with Gasteiger partial charge < -0.3 is 0 Å². The van der Waals surface area contributed by atoms with Gasteiger partial charge in [-0.15, -0.1) is 0 Å². The average Bonchev–Trinajstić information content (AvgIpc) is 2.34. The summed E-state index contributed by atoms with van der Waals surface area (Å²) in [6, 6.07) is 14.0. The normalized spacial score (nSPS) is 14.3. The van der Waals surface area contributed by atoms with Gasteiger partial charge in [0.2, 0.25) is 0 Å². The summed E-state index contributed by atoms with van der Waals surface area (Å²) in [5.74, 6) is 0. The Morgan fingerprint density at radius 1 is 0.611 bits per heavy atom. The zero-order chi connectivity index (χ0) is 12.5. The highest BCUT2D eigenvalue weighted by atomic mass is 14.1. The van der Waals surface area contributed by atoms with Crippen LogP contribution in [0.15, 0.2) is 36.4 Å². The molecule has 0 radical (unpaired) electrons. The number of aryl methyl sites for hydroxylation is 6. The molecule has 0 saturated heterocycles. The van der Waals surface area contributed by atoms with Gasteiger partial charge in [-0.3, -0.25) is 0 Å². The summed E-state index contributed by atoms with van der Waals surface area (Å²) in [6.45, 7) is 4.50. The van der Waals surface area contributed by atoms with E-state index >= 15 is 0 Å². The summed E-state index contributed by atoms with van der Waals surface area (Å²) in [4.78, 5) is 0. The lowest BCUT2D eigenvalue weighted by Gasteiger charge is -2.14. The van der Waals surface area contributed by atoms with Crippen LogP contribution in [0, 0.1) is 13.8 Å². The van der Waals surface area contributed by atoms with Crippen LogP contribution in [0.2, 0.25) is 0 Å². The first-order valence-corrected chi connectivity index (χ1v) is 6.89. The maximum Gasteiger partial charge on any atom is -0.0236 e. The largest absolute Gasteiger partial charge is 0.0587 e. The Balaban J connectivity index is 2.04. The van der Waals surface area contributed by atoms with Crippen LogP contribution >= 0.6 is 0 Å². The summed E-state index contributed by atoms with van der Waals surface area (Å²) in [7, 11) is 0. The summed E-state index contributed by atoms with van der Waals surface area (Å²) >= 11 is 0. The highest BCUT2D eigenvalue weighted by Gasteiger charge is 2.07. The molecule has 0 heterocycles. The Morgan fingerprint density at radius 3 is 1.44 bits per heavy atom. The van der Waals surface area contributed by atoms with Crippen molar-refractivity contribution in [1.82, 2.24) is 0 Å². The molecule has 0 unspecified atom stereocenters. The standard InChI is InChI=1S/C18H20/c1-13-11-15-3-4-16-6-8-18(14(2)12-16)10-9-17(13)7-5-15/h5-8,11-12H,3-4,9-10H2,1-2H3. The van der Waals surface area contributed by atoms with Gasteiger partial charge in [0.15, 0.2) is 0 Å². The van der Waals surface area contributed by atoms with E-state index in [9.17, 15) is 0 Å². The predicted octanol–water partition coefficient (Wildman–Crippen LogP) is 4.19. The van der Waals surface area contributed by atoms with E-state index in [4.69, 9.17) is 0 Å². The molecule has 0 heteroatoms. The smallest absolute Gasteiger partial charge is 0.0236 e. The third-order valence-corrected chi connectivity index (χ3v) is 4.18. The molecular weight excluding hydrogens is 216 g/mol. The second-order valence-electron chi connectivity index (χ2n) is 5.52. The number of hydrogen-bond donors (Lipinski definition) is 0. The number of rotatable bonds is 0. The van der Waals surface area contributed by atoms with Gasteiger partial charge in [-0.25, -0.2) is 0 Å². The minimum atomic E-state index is 1.15. The fraction of sp³-hybridized carbons (Fsp3) is 0.333. The molecule has 92 valence electrons. The summed E-state index contributed by atoms with van der Waals surface area (Å²) < 4.78 is 0. The van der Waals surface area contributed by atoms with Crippen molar-refractivity contribution < 1.29 is 0 Å². The molecule has 0 fully saturated rings. The maximum atomic E-state index is 2.37. The fourth-order valence-electron chi connectivity index (χ4n) is 2.95. The first-order valence-electron chi connectivity index (χ1n) is 6.89. The lowest BCUT2D eigenvalue weighted by Crippen LogP contribution is -2.01. The minimum absolute atomic E-state index is 1.15. The zero-order valence-electron chi connectivity index (χ0n) is 11.3. The van der Waals surface area contributed by atoms with Gasteiger partial charge in [0.05, 0.1) is 0 Å². The Morgan fingerprint density at radius 2 is 1.06 bits per heavy atom. The highest BCUT2D eigenvalue weighted by Crippen LogP contribution is 2.20. The monoisotopic (exact) mass is 236 g/mol. The van der Waals surface area contributed by atoms with Crippen LogP contribution in [0.5, 0.6) is 0 Å². The van der Waals surface area contributed by atoms with Gasteiger partial charge in [0.1, 0.15) is 0 Å².